The quantitative estimate of drug-likeness (QED) is 0.561. The lowest BCUT2D eigenvalue weighted by atomic mass is 9.91. The van der Waals surface area contributed by atoms with Crippen molar-refractivity contribution in [2.75, 3.05) is 33.7 Å². The van der Waals surface area contributed by atoms with Crippen molar-refractivity contribution in [1.29, 1.82) is 0 Å². The van der Waals surface area contributed by atoms with Crippen LogP contribution >= 0.6 is 0 Å². The van der Waals surface area contributed by atoms with Crippen LogP contribution in [-0.4, -0.2) is 49.1 Å². The minimum absolute atomic E-state index is 0.547. The SMILES string of the molecule is CN1CCCC[C@]2(CCCN2C)C1. The second-order valence-electron chi connectivity index (χ2n) is 4.94. The maximum absolute atomic E-state index is 2.61. The summed E-state index contributed by atoms with van der Waals surface area (Å²) < 4.78 is 0. The minimum Gasteiger partial charge on any atom is -0.305 e. The van der Waals surface area contributed by atoms with Crippen LogP contribution in [0.5, 0.6) is 0 Å². The molecule has 0 amide bonds. The third-order valence-electron chi connectivity index (χ3n) is 3.94. The van der Waals surface area contributed by atoms with Crippen molar-refractivity contribution in [1.82, 2.24) is 9.80 Å². The molecular formula is C11H22N2. The van der Waals surface area contributed by atoms with Gasteiger partial charge in [0, 0.05) is 12.1 Å². The van der Waals surface area contributed by atoms with Crippen LogP contribution in [0.25, 0.3) is 0 Å². The fraction of sp³-hybridized carbons (Fsp3) is 1.00. The Balaban J connectivity index is 2.09. The Morgan fingerprint density at radius 3 is 2.38 bits per heavy atom. The summed E-state index contributed by atoms with van der Waals surface area (Å²) in [5.74, 6) is 0. The van der Waals surface area contributed by atoms with Gasteiger partial charge in [-0.2, -0.15) is 0 Å². The van der Waals surface area contributed by atoms with Crippen LogP contribution in [0.1, 0.15) is 32.1 Å². The van der Waals surface area contributed by atoms with E-state index in [0.29, 0.717) is 5.54 Å². The van der Waals surface area contributed by atoms with Gasteiger partial charge in [-0.05, 0) is 52.9 Å². The normalized spacial score (nSPS) is 38.3. The molecule has 2 aliphatic heterocycles. The molecule has 0 N–H and O–H groups in total. The van der Waals surface area contributed by atoms with Gasteiger partial charge in [0.1, 0.15) is 0 Å². The summed E-state index contributed by atoms with van der Waals surface area (Å²) in [6.45, 7) is 3.91. The standard InChI is InChI=1S/C11H22N2/c1-12-8-4-3-6-11(10-12)7-5-9-13(11)2/h3-10H2,1-2H3/t11-/m0/s1. The molecule has 2 aliphatic rings. The van der Waals surface area contributed by atoms with Gasteiger partial charge in [0.25, 0.3) is 0 Å². The maximum Gasteiger partial charge on any atom is 0.0333 e. The molecule has 2 saturated heterocycles. The van der Waals surface area contributed by atoms with Crippen LogP contribution in [0.3, 0.4) is 0 Å². The summed E-state index contributed by atoms with van der Waals surface area (Å²) in [4.78, 5) is 5.13. The third kappa shape index (κ3) is 1.75. The number of rotatable bonds is 0. The van der Waals surface area contributed by atoms with Gasteiger partial charge in [-0.3, -0.25) is 4.90 Å². The monoisotopic (exact) mass is 182 g/mol. The summed E-state index contributed by atoms with van der Waals surface area (Å²) in [5.41, 5.74) is 0.547. The van der Waals surface area contributed by atoms with E-state index in [4.69, 9.17) is 0 Å². The molecule has 1 spiro atoms. The van der Waals surface area contributed by atoms with Crippen molar-refractivity contribution in [3.63, 3.8) is 0 Å². The highest BCUT2D eigenvalue weighted by Gasteiger charge is 2.39. The first kappa shape index (κ1) is 9.47. The summed E-state index contributed by atoms with van der Waals surface area (Å²) >= 11 is 0. The first-order valence-electron chi connectivity index (χ1n) is 5.63. The second-order valence-corrected chi connectivity index (χ2v) is 4.94. The fourth-order valence-electron chi connectivity index (χ4n) is 3.09. The summed E-state index contributed by atoms with van der Waals surface area (Å²) in [6.07, 6.45) is 7.08. The highest BCUT2D eigenvalue weighted by Crippen LogP contribution is 2.34. The van der Waals surface area contributed by atoms with E-state index in [0.717, 1.165) is 0 Å². The zero-order valence-corrected chi connectivity index (χ0v) is 9.05. The van der Waals surface area contributed by atoms with Gasteiger partial charge in [0.2, 0.25) is 0 Å². The predicted molar refractivity (Wildman–Crippen MR) is 55.9 cm³/mol. The molecule has 13 heavy (non-hydrogen) atoms. The van der Waals surface area contributed by atoms with Gasteiger partial charge in [-0.1, -0.05) is 6.42 Å². The molecule has 76 valence electrons. The first-order valence-corrected chi connectivity index (χ1v) is 5.63. The fourth-order valence-corrected chi connectivity index (χ4v) is 3.09. The van der Waals surface area contributed by atoms with Crippen LogP contribution in [0.15, 0.2) is 0 Å². The van der Waals surface area contributed by atoms with Gasteiger partial charge in [-0.25, -0.2) is 0 Å². The summed E-state index contributed by atoms with van der Waals surface area (Å²) in [5, 5.41) is 0. The topological polar surface area (TPSA) is 6.48 Å². The zero-order chi connectivity index (χ0) is 9.31. The molecule has 0 aromatic carbocycles. The molecule has 0 unspecified atom stereocenters. The van der Waals surface area contributed by atoms with Gasteiger partial charge in [0.05, 0.1) is 0 Å². The van der Waals surface area contributed by atoms with Crippen molar-refractivity contribution >= 4 is 0 Å². The number of hydrogen-bond acceptors (Lipinski definition) is 2. The van der Waals surface area contributed by atoms with E-state index in [1.807, 2.05) is 0 Å². The van der Waals surface area contributed by atoms with E-state index in [2.05, 4.69) is 23.9 Å². The van der Waals surface area contributed by atoms with Gasteiger partial charge >= 0.3 is 0 Å². The molecule has 0 saturated carbocycles. The van der Waals surface area contributed by atoms with Crippen molar-refractivity contribution in [3.8, 4) is 0 Å². The van der Waals surface area contributed by atoms with Gasteiger partial charge in [0.15, 0.2) is 0 Å². The van der Waals surface area contributed by atoms with Gasteiger partial charge in [-0.15, -0.1) is 0 Å². The Labute approximate surface area is 81.9 Å². The highest BCUT2D eigenvalue weighted by molar-refractivity contribution is 4.97. The molecule has 2 rings (SSSR count). The Kier molecular flexibility index (Phi) is 2.61. The molecule has 0 aromatic heterocycles. The predicted octanol–water partition coefficient (Wildman–Crippen LogP) is 1.57. The maximum atomic E-state index is 2.61. The molecule has 2 nitrogen and oxygen atoms in total. The number of likely N-dealkylation sites (tertiary alicyclic amines) is 2. The number of likely N-dealkylation sites (N-methyl/N-ethyl adjacent to an activating group) is 2. The Morgan fingerprint density at radius 1 is 0.923 bits per heavy atom. The van der Waals surface area contributed by atoms with Gasteiger partial charge < -0.3 is 4.90 Å². The van der Waals surface area contributed by atoms with Crippen molar-refractivity contribution < 1.29 is 0 Å². The lowest BCUT2D eigenvalue weighted by Gasteiger charge is -2.37. The molecule has 0 aliphatic carbocycles. The van der Waals surface area contributed by atoms with Crippen LogP contribution in [0.4, 0.5) is 0 Å². The minimum atomic E-state index is 0.547. The lowest BCUT2D eigenvalue weighted by Crippen LogP contribution is -2.48. The van der Waals surface area contributed by atoms with Crippen LogP contribution < -0.4 is 0 Å². The molecule has 0 aromatic rings. The molecular weight excluding hydrogens is 160 g/mol. The summed E-state index contributed by atoms with van der Waals surface area (Å²) in [7, 11) is 4.59. The third-order valence-corrected chi connectivity index (χ3v) is 3.94. The molecule has 0 bridgehead atoms. The van der Waals surface area contributed by atoms with E-state index >= 15 is 0 Å². The molecule has 1 atom stereocenters. The largest absolute Gasteiger partial charge is 0.305 e. The van der Waals surface area contributed by atoms with Crippen molar-refractivity contribution in [2.24, 2.45) is 0 Å². The van der Waals surface area contributed by atoms with Crippen molar-refractivity contribution in [2.45, 2.75) is 37.6 Å². The van der Waals surface area contributed by atoms with Crippen LogP contribution in [0, 0.1) is 0 Å². The highest BCUT2D eigenvalue weighted by atomic mass is 15.2. The molecule has 2 heteroatoms. The Hall–Kier alpha value is -0.0800. The average Bonchev–Trinajstić information content (AvgIpc) is 2.34. The second kappa shape index (κ2) is 3.58. The van der Waals surface area contributed by atoms with Crippen molar-refractivity contribution in [3.05, 3.63) is 0 Å². The van der Waals surface area contributed by atoms with E-state index in [-0.39, 0.29) is 0 Å². The van der Waals surface area contributed by atoms with E-state index in [9.17, 15) is 0 Å². The molecule has 0 radical (unpaired) electrons. The average molecular weight is 182 g/mol. The van der Waals surface area contributed by atoms with E-state index in [1.54, 1.807) is 0 Å². The smallest absolute Gasteiger partial charge is 0.0333 e. The lowest BCUT2D eigenvalue weighted by molar-refractivity contribution is 0.124. The first-order chi connectivity index (χ1) is 6.23. The van der Waals surface area contributed by atoms with Crippen LogP contribution in [0.2, 0.25) is 0 Å². The Morgan fingerprint density at radius 2 is 1.69 bits per heavy atom. The number of hydrogen-bond donors (Lipinski definition) is 0. The van der Waals surface area contributed by atoms with E-state index < -0.39 is 0 Å². The molecule has 2 heterocycles. The Bertz CT molecular complexity index is 181. The zero-order valence-electron chi connectivity index (χ0n) is 9.05. The molecule has 2 fully saturated rings. The van der Waals surface area contributed by atoms with E-state index in [1.165, 1.54) is 51.7 Å². The summed E-state index contributed by atoms with van der Waals surface area (Å²) in [6, 6.07) is 0. The number of nitrogens with zero attached hydrogens (tertiary/aromatic N) is 2. The van der Waals surface area contributed by atoms with Crippen LogP contribution in [-0.2, 0) is 0 Å².